The number of rotatable bonds is 9. The maximum absolute atomic E-state index is 12.1. The maximum atomic E-state index is 12.1. The molecular formula is C13H24N4O3. The predicted octanol–water partition coefficient (Wildman–Crippen LogP) is -1.33. The molecule has 1 fully saturated rings. The minimum atomic E-state index is -1.18. The van der Waals surface area contributed by atoms with Gasteiger partial charge in [0.05, 0.1) is 0 Å². The summed E-state index contributed by atoms with van der Waals surface area (Å²) in [5.74, 6) is -0.819. The number of nitrogens with one attached hydrogen (secondary N) is 3. The highest BCUT2D eigenvalue weighted by Crippen LogP contribution is 2.22. The van der Waals surface area contributed by atoms with Crippen molar-refractivity contribution in [3.63, 3.8) is 0 Å². The van der Waals surface area contributed by atoms with E-state index in [4.69, 9.17) is 5.73 Å². The Hall–Kier alpha value is -1.47. The highest BCUT2D eigenvalue weighted by atomic mass is 16.2. The van der Waals surface area contributed by atoms with E-state index in [0.717, 1.165) is 6.42 Å². The highest BCUT2D eigenvalue weighted by molar-refractivity contribution is 6.10. The van der Waals surface area contributed by atoms with E-state index in [1.165, 1.54) is 0 Å². The SMILES string of the molecule is CNCCC(=O)NCCCC(=O)C1(C(N)=O)CCCN1. The van der Waals surface area contributed by atoms with Gasteiger partial charge in [-0.2, -0.15) is 0 Å². The number of Topliss-reactive ketones (excluding diaryl/α,β-unsaturated/α-hetero) is 1. The summed E-state index contributed by atoms with van der Waals surface area (Å²) in [6.45, 7) is 1.69. The van der Waals surface area contributed by atoms with E-state index in [-0.39, 0.29) is 18.1 Å². The van der Waals surface area contributed by atoms with Crippen LogP contribution in [0.3, 0.4) is 0 Å². The van der Waals surface area contributed by atoms with E-state index in [1.807, 2.05) is 0 Å². The molecule has 1 aliphatic rings. The van der Waals surface area contributed by atoms with Gasteiger partial charge >= 0.3 is 0 Å². The number of nitrogens with two attached hydrogens (primary N) is 1. The molecule has 0 aromatic rings. The Morgan fingerprint density at radius 2 is 2.00 bits per heavy atom. The Balaban J connectivity index is 2.29. The van der Waals surface area contributed by atoms with Crippen molar-refractivity contribution in [2.24, 2.45) is 5.73 Å². The molecule has 5 N–H and O–H groups in total. The van der Waals surface area contributed by atoms with Gasteiger partial charge in [0.25, 0.3) is 0 Å². The van der Waals surface area contributed by atoms with E-state index in [1.54, 1.807) is 7.05 Å². The average molecular weight is 284 g/mol. The Kier molecular flexibility index (Phi) is 6.60. The van der Waals surface area contributed by atoms with Gasteiger partial charge in [-0.25, -0.2) is 0 Å². The van der Waals surface area contributed by atoms with Gasteiger partial charge in [0, 0.05) is 25.9 Å². The zero-order valence-electron chi connectivity index (χ0n) is 12.0. The lowest BCUT2D eigenvalue weighted by Gasteiger charge is -2.24. The van der Waals surface area contributed by atoms with Gasteiger partial charge < -0.3 is 16.4 Å². The fraction of sp³-hybridized carbons (Fsp3) is 0.769. The smallest absolute Gasteiger partial charge is 0.245 e. The summed E-state index contributed by atoms with van der Waals surface area (Å²) >= 11 is 0. The number of ketones is 1. The van der Waals surface area contributed by atoms with Crippen LogP contribution in [0, 0.1) is 0 Å². The molecule has 1 heterocycles. The molecule has 1 saturated heterocycles. The third-order valence-electron chi connectivity index (χ3n) is 3.56. The molecule has 1 unspecified atom stereocenters. The van der Waals surface area contributed by atoms with Crippen LogP contribution in [-0.4, -0.2) is 49.8 Å². The molecule has 0 aromatic carbocycles. The molecule has 1 aliphatic heterocycles. The second-order valence-corrected chi connectivity index (χ2v) is 5.03. The van der Waals surface area contributed by atoms with Crippen molar-refractivity contribution >= 4 is 17.6 Å². The summed E-state index contributed by atoms with van der Waals surface area (Å²) in [7, 11) is 1.78. The summed E-state index contributed by atoms with van der Waals surface area (Å²) in [6, 6.07) is 0. The minimum absolute atomic E-state index is 0.0459. The summed E-state index contributed by atoms with van der Waals surface area (Å²) in [5.41, 5.74) is 4.16. The van der Waals surface area contributed by atoms with Crippen molar-refractivity contribution in [1.29, 1.82) is 0 Å². The molecule has 7 nitrogen and oxygen atoms in total. The Morgan fingerprint density at radius 3 is 2.55 bits per heavy atom. The summed E-state index contributed by atoms with van der Waals surface area (Å²) in [4.78, 5) is 35.0. The van der Waals surface area contributed by atoms with E-state index < -0.39 is 11.4 Å². The van der Waals surface area contributed by atoms with Gasteiger partial charge in [-0.15, -0.1) is 0 Å². The van der Waals surface area contributed by atoms with Crippen LogP contribution in [0.25, 0.3) is 0 Å². The number of primary amides is 1. The number of carbonyl (C=O) groups is 3. The molecular weight excluding hydrogens is 260 g/mol. The van der Waals surface area contributed by atoms with Gasteiger partial charge in [-0.05, 0) is 32.9 Å². The maximum Gasteiger partial charge on any atom is 0.245 e. The van der Waals surface area contributed by atoms with E-state index in [0.29, 0.717) is 38.9 Å². The van der Waals surface area contributed by atoms with Crippen molar-refractivity contribution in [3.8, 4) is 0 Å². The molecule has 0 aliphatic carbocycles. The van der Waals surface area contributed by atoms with E-state index in [2.05, 4.69) is 16.0 Å². The van der Waals surface area contributed by atoms with Crippen molar-refractivity contribution in [3.05, 3.63) is 0 Å². The van der Waals surface area contributed by atoms with Crippen molar-refractivity contribution in [2.45, 2.75) is 37.6 Å². The van der Waals surface area contributed by atoms with Crippen LogP contribution < -0.4 is 21.7 Å². The van der Waals surface area contributed by atoms with Gasteiger partial charge in [0.1, 0.15) is 0 Å². The third-order valence-corrected chi connectivity index (χ3v) is 3.56. The van der Waals surface area contributed by atoms with Crippen molar-refractivity contribution in [1.82, 2.24) is 16.0 Å². The first-order chi connectivity index (χ1) is 9.53. The monoisotopic (exact) mass is 284 g/mol. The summed E-state index contributed by atoms with van der Waals surface area (Å²) in [5, 5.41) is 8.55. The number of carbonyl (C=O) groups excluding carboxylic acids is 3. The fourth-order valence-electron chi connectivity index (χ4n) is 2.35. The third kappa shape index (κ3) is 4.28. The summed E-state index contributed by atoms with van der Waals surface area (Å²) in [6.07, 6.45) is 2.41. The minimum Gasteiger partial charge on any atom is -0.368 e. The van der Waals surface area contributed by atoms with E-state index >= 15 is 0 Å². The lowest BCUT2D eigenvalue weighted by molar-refractivity contribution is -0.135. The van der Waals surface area contributed by atoms with Crippen LogP contribution in [0.4, 0.5) is 0 Å². The van der Waals surface area contributed by atoms with Crippen molar-refractivity contribution < 1.29 is 14.4 Å². The average Bonchev–Trinajstić information content (AvgIpc) is 2.91. The van der Waals surface area contributed by atoms with Crippen LogP contribution in [0.15, 0.2) is 0 Å². The molecule has 0 bridgehead atoms. The molecule has 2 amide bonds. The first-order valence-electron chi connectivity index (χ1n) is 7.02. The van der Waals surface area contributed by atoms with Gasteiger partial charge in [-0.1, -0.05) is 0 Å². The van der Waals surface area contributed by atoms with Crippen LogP contribution >= 0.6 is 0 Å². The quantitative estimate of drug-likeness (QED) is 0.309. The Labute approximate surface area is 119 Å². The van der Waals surface area contributed by atoms with Crippen LogP contribution in [0.1, 0.15) is 32.1 Å². The Morgan fingerprint density at radius 1 is 1.25 bits per heavy atom. The molecule has 0 radical (unpaired) electrons. The first kappa shape index (κ1) is 16.6. The topological polar surface area (TPSA) is 113 Å². The van der Waals surface area contributed by atoms with Gasteiger partial charge in [0.2, 0.25) is 11.8 Å². The Bertz CT molecular complexity index is 365. The summed E-state index contributed by atoms with van der Waals surface area (Å²) < 4.78 is 0. The molecule has 0 spiro atoms. The van der Waals surface area contributed by atoms with Crippen LogP contribution in [0.5, 0.6) is 0 Å². The van der Waals surface area contributed by atoms with Crippen molar-refractivity contribution in [2.75, 3.05) is 26.7 Å². The lowest BCUT2D eigenvalue weighted by Crippen LogP contribution is -2.57. The zero-order valence-corrected chi connectivity index (χ0v) is 12.0. The van der Waals surface area contributed by atoms with Crippen LogP contribution in [-0.2, 0) is 14.4 Å². The normalized spacial score (nSPS) is 21.6. The molecule has 7 heteroatoms. The second-order valence-electron chi connectivity index (χ2n) is 5.03. The zero-order chi connectivity index (χ0) is 15.0. The predicted molar refractivity (Wildman–Crippen MR) is 75.0 cm³/mol. The lowest BCUT2D eigenvalue weighted by atomic mass is 9.88. The molecule has 0 saturated carbocycles. The second kappa shape index (κ2) is 7.96. The number of hydrogen-bond acceptors (Lipinski definition) is 5. The molecule has 0 aromatic heterocycles. The molecule has 1 rings (SSSR count). The number of hydrogen-bond donors (Lipinski definition) is 4. The fourth-order valence-corrected chi connectivity index (χ4v) is 2.35. The van der Waals surface area contributed by atoms with Gasteiger partial charge in [0.15, 0.2) is 11.3 Å². The molecule has 114 valence electrons. The molecule has 20 heavy (non-hydrogen) atoms. The first-order valence-corrected chi connectivity index (χ1v) is 7.02. The van der Waals surface area contributed by atoms with E-state index in [9.17, 15) is 14.4 Å². The van der Waals surface area contributed by atoms with Gasteiger partial charge in [-0.3, -0.25) is 19.7 Å². The largest absolute Gasteiger partial charge is 0.368 e. The molecule has 1 atom stereocenters. The highest BCUT2D eigenvalue weighted by Gasteiger charge is 2.45. The standard InChI is InChI=1S/C13H24N4O3/c1-15-9-5-11(19)16-7-2-4-10(18)13(12(14)20)6-3-8-17-13/h15,17H,2-9H2,1H3,(H2,14,20)(H,16,19). The van der Waals surface area contributed by atoms with Crippen LogP contribution in [0.2, 0.25) is 0 Å². The number of amides is 2.